The lowest BCUT2D eigenvalue weighted by Gasteiger charge is -2.34. The molecule has 1 unspecified atom stereocenters. The first-order chi connectivity index (χ1) is 13.5. The van der Waals surface area contributed by atoms with Crippen molar-refractivity contribution in [2.24, 2.45) is 0 Å². The van der Waals surface area contributed by atoms with E-state index in [4.69, 9.17) is 46.4 Å². The lowest BCUT2D eigenvalue weighted by Crippen LogP contribution is -2.39. The monoisotopic (exact) mass is 492 g/mol. The molecule has 1 atom stereocenters. The summed E-state index contributed by atoms with van der Waals surface area (Å²) in [7, 11) is -5.07. The average molecular weight is 494 g/mol. The Morgan fingerprint density at radius 3 is 1.93 bits per heavy atom. The SMILES string of the molecule is O=S(=O)(O)C(c1cccc(Cl)c1)(c1cc(Cl)ccc1Cl)c1cc(O)c(O)cc1Cl. The van der Waals surface area contributed by atoms with Gasteiger partial charge < -0.3 is 10.2 Å². The lowest BCUT2D eigenvalue weighted by molar-refractivity contribution is 0.402. The van der Waals surface area contributed by atoms with Crippen LogP contribution in [0.2, 0.25) is 20.1 Å². The van der Waals surface area contributed by atoms with Crippen molar-refractivity contribution < 1.29 is 23.2 Å². The Hall–Kier alpha value is -1.67. The Morgan fingerprint density at radius 1 is 0.724 bits per heavy atom. The highest BCUT2D eigenvalue weighted by molar-refractivity contribution is 7.87. The first kappa shape index (κ1) is 22.0. The molecule has 3 aromatic rings. The van der Waals surface area contributed by atoms with Crippen molar-refractivity contribution in [1.82, 2.24) is 0 Å². The van der Waals surface area contributed by atoms with Crippen LogP contribution < -0.4 is 0 Å². The average Bonchev–Trinajstić information content (AvgIpc) is 2.61. The van der Waals surface area contributed by atoms with Crippen molar-refractivity contribution in [1.29, 1.82) is 0 Å². The normalized spacial score (nSPS) is 13.8. The van der Waals surface area contributed by atoms with Gasteiger partial charge in [-0.05, 0) is 42.0 Å². The van der Waals surface area contributed by atoms with E-state index in [9.17, 15) is 23.2 Å². The molecule has 0 saturated heterocycles. The standard InChI is InChI=1S/C19H12Cl4O5S/c20-11-3-1-2-10(6-11)19(29(26,27)28,13-7-12(21)4-5-15(13)22)14-8-17(24)18(25)9-16(14)23/h1-9,24-25H,(H,26,27,28). The predicted molar refractivity (Wildman–Crippen MR) is 114 cm³/mol. The van der Waals surface area contributed by atoms with Crippen molar-refractivity contribution in [3.8, 4) is 11.5 Å². The van der Waals surface area contributed by atoms with E-state index in [0.717, 1.165) is 12.1 Å². The molecule has 0 aliphatic heterocycles. The lowest BCUT2D eigenvalue weighted by atomic mass is 9.83. The van der Waals surface area contributed by atoms with Crippen LogP contribution in [0.1, 0.15) is 16.7 Å². The van der Waals surface area contributed by atoms with E-state index >= 15 is 0 Å². The zero-order valence-electron chi connectivity index (χ0n) is 14.3. The van der Waals surface area contributed by atoms with E-state index in [-0.39, 0.29) is 36.8 Å². The smallest absolute Gasteiger partial charge is 0.283 e. The molecule has 5 nitrogen and oxygen atoms in total. The molecule has 0 amide bonds. The fourth-order valence-electron chi connectivity index (χ4n) is 3.18. The van der Waals surface area contributed by atoms with Gasteiger partial charge in [0.25, 0.3) is 10.1 Å². The van der Waals surface area contributed by atoms with Gasteiger partial charge >= 0.3 is 0 Å². The van der Waals surface area contributed by atoms with E-state index in [1.54, 1.807) is 0 Å². The summed E-state index contributed by atoms with van der Waals surface area (Å²) in [6, 6.07) is 11.6. The van der Waals surface area contributed by atoms with E-state index in [1.165, 1.54) is 42.5 Å². The molecule has 3 rings (SSSR count). The van der Waals surface area contributed by atoms with Crippen LogP contribution in [0.15, 0.2) is 54.6 Å². The Labute approximate surface area is 186 Å². The summed E-state index contributed by atoms with van der Waals surface area (Å²) < 4.78 is 34.1. The molecule has 0 spiro atoms. The van der Waals surface area contributed by atoms with E-state index in [0.29, 0.717) is 0 Å². The fraction of sp³-hybridized carbons (Fsp3) is 0.0526. The van der Waals surface area contributed by atoms with E-state index < -0.39 is 26.4 Å². The van der Waals surface area contributed by atoms with Gasteiger partial charge in [-0.3, -0.25) is 4.55 Å². The summed E-state index contributed by atoms with van der Waals surface area (Å²) in [5, 5.41) is 19.8. The predicted octanol–water partition coefficient (Wildman–Crippen LogP) is 5.89. The van der Waals surface area contributed by atoms with Crippen molar-refractivity contribution in [2.75, 3.05) is 0 Å². The van der Waals surface area contributed by atoms with Crippen LogP contribution in [0.4, 0.5) is 0 Å². The third kappa shape index (κ3) is 3.77. The van der Waals surface area contributed by atoms with Crippen LogP contribution in [0.5, 0.6) is 11.5 Å². The van der Waals surface area contributed by atoms with Crippen LogP contribution in [-0.2, 0) is 14.9 Å². The minimum Gasteiger partial charge on any atom is -0.504 e. The Morgan fingerprint density at radius 2 is 1.31 bits per heavy atom. The fourth-order valence-corrected chi connectivity index (χ4v) is 5.53. The second-order valence-electron chi connectivity index (χ2n) is 6.11. The van der Waals surface area contributed by atoms with Gasteiger partial charge in [0.15, 0.2) is 16.2 Å². The second kappa shape index (κ2) is 7.87. The second-order valence-corrected chi connectivity index (χ2v) is 9.36. The van der Waals surface area contributed by atoms with E-state index in [1.807, 2.05) is 0 Å². The van der Waals surface area contributed by atoms with Gasteiger partial charge in [-0.25, -0.2) is 0 Å². The molecule has 0 aliphatic carbocycles. The van der Waals surface area contributed by atoms with Gasteiger partial charge in [0.05, 0.1) is 5.02 Å². The maximum atomic E-state index is 13.0. The van der Waals surface area contributed by atoms with Crippen LogP contribution in [-0.4, -0.2) is 23.2 Å². The number of benzene rings is 3. The Balaban J connectivity index is 2.63. The minimum atomic E-state index is -5.07. The molecule has 0 fully saturated rings. The Bertz CT molecular complexity index is 1210. The molecule has 152 valence electrons. The number of phenolic OH excluding ortho intramolecular Hbond substituents is 2. The number of hydrogen-bond donors (Lipinski definition) is 3. The molecule has 10 heteroatoms. The summed E-state index contributed by atoms with van der Waals surface area (Å²) in [5.74, 6) is -1.23. The van der Waals surface area contributed by atoms with Crippen LogP contribution in [0, 0.1) is 0 Å². The molecule has 29 heavy (non-hydrogen) atoms. The molecule has 0 radical (unpaired) electrons. The van der Waals surface area contributed by atoms with Crippen molar-refractivity contribution in [2.45, 2.75) is 4.75 Å². The van der Waals surface area contributed by atoms with Crippen molar-refractivity contribution >= 4 is 56.5 Å². The number of hydrogen-bond acceptors (Lipinski definition) is 4. The van der Waals surface area contributed by atoms with E-state index in [2.05, 4.69) is 0 Å². The maximum Gasteiger partial charge on any atom is 0.283 e. The molecule has 0 saturated carbocycles. The van der Waals surface area contributed by atoms with Gasteiger partial charge in [-0.2, -0.15) is 8.42 Å². The zero-order valence-corrected chi connectivity index (χ0v) is 18.1. The minimum absolute atomic E-state index is 0.0105. The summed E-state index contributed by atoms with van der Waals surface area (Å²) in [6.45, 7) is 0. The number of phenols is 2. The molecule has 0 aromatic heterocycles. The van der Waals surface area contributed by atoms with Gasteiger partial charge in [-0.1, -0.05) is 58.5 Å². The molecule has 0 aliphatic rings. The Kier molecular flexibility index (Phi) is 5.98. The number of aromatic hydroxyl groups is 2. The highest BCUT2D eigenvalue weighted by Crippen LogP contribution is 2.51. The maximum absolute atomic E-state index is 13.0. The van der Waals surface area contributed by atoms with Crippen LogP contribution in [0.25, 0.3) is 0 Å². The quantitative estimate of drug-likeness (QED) is 0.239. The first-order valence-electron chi connectivity index (χ1n) is 7.89. The van der Waals surface area contributed by atoms with Crippen LogP contribution in [0.3, 0.4) is 0 Å². The third-order valence-electron chi connectivity index (χ3n) is 4.37. The highest BCUT2D eigenvalue weighted by atomic mass is 35.5. The third-order valence-corrected chi connectivity index (χ3v) is 6.93. The number of rotatable bonds is 4. The van der Waals surface area contributed by atoms with Crippen molar-refractivity contribution in [3.05, 3.63) is 91.4 Å². The summed E-state index contributed by atoms with van der Waals surface area (Å²) >= 11 is 24.8. The molecule has 0 bridgehead atoms. The molecule has 3 aromatic carbocycles. The summed E-state index contributed by atoms with van der Waals surface area (Å²) in [5.41, 5.74) is -0.393. The largest absolute Gasteiger partial charge is 0.504 e. The number of halogens is 4. The zero-order chi connectivity index (χ0) is 21.6. The van der Waals surface area contributed by atoms with Gasteiger partial charge in [-0.15, -0.1) is 0 Å². The highest BCUT2D eigenvalue weighted by Gasteiger charge is 2.51. The molecular weight excluding hydrogens is 482 g/mol. The van der Waals surface area contributed by atoms with Gasteiger partial charge in [0, 0.05) is 32.3 Å². The summed E-state index contributed by atoms with van der Waals surface area (Å²) in [6.07, 6.45) is 0. The molecule has 3 N–H and O–H groups in total. The van der Waals surface area contributed by atoms with Gasteiger partial charge in [0.1, 0.15) is 0 Å². The molecular formula is C19H12Cl4O5S. The summed E-state index contributed by atoms with van der Waals surface area (Å²) in [4.78, 5) is 0. The van der Waals surface area contributed by atoms with Crippen molar-refractivity contribution in [3.63, 3.8) is 0 Å². The van der Waals surface area contributed by atoms with Crippen LogP contribution >= 0.6 is 46.4 Å². The van der Waals surface area contributed by atoms with Gasteiger partial charge in [0.2, 0.25) is 0 Å². The molecule has 0 heterocycles. The topological polar surface area (TPSA) is 94.8 Å². The first-order valence-corrected chi connectivity index (χ1v) is 10.8.